The number of aliphatic hydroxyl groups excluding tert-OH is 1. The Morgan fingerprint density at radius 2 is 2.19 bits per heavy atom. The van der Waals surface area contributed by atoms with Crippen molar-refractivity contribution in [3.63, 3.8) is 0 Å². The highest BCUT2D eigenvalue weighted by Gasteiger charge is 2.04. The van der Waals surface area contributed by atoms with Gasteiger partial charge in [0.25, 0.3) is 0 Å². The monoisotopic (exact) mass is 285 g/mol. The molecule has 1 aromatic carbocycles. The van der Waals surface area contributed by atoms with E-state index in [4.69, 9.17) is 5.11 Å². The topological polar surface area (TPSA) is 49.3 Å². The molecule has 0 aliphatic carbocycles. The van der Waals surface area contributed by atoms with E-state index in [1.54, 1.807) is 0 Å². The summed E-state index contributed by atoms with van der Waals surface area (Å²) in [5.41, 5.74) is 1.95. The average Bonchev–Trinajstić information content (AvgIpc) is 2.20. The first-order chi connectivity index (χ1) is 7.63. The summed E-state index contributed by atoms with van der Waals surface area (Å²) < 4.78 is 0.946. The molecule has 0 bridgehead atoms. The Bertz CT molecular complexity index is 366. The summed E-state index contributed by atoms with van der Waals surface area (Å²) in [5.74, 6) is -0.0680. The number of aryl methyl sites for hydroxylation is 1. The normalized spacial score (nSPS) is 10.2. The predicted octanol–water partition coefficient (Wildman–Crippen LogP) is 2.72. The van der Waals surface area contributed by atoms with Gasteiger partial charge in [-0.3, -0.25) is 4.79 Å². The van der Waals surface area contributed by atoms with Crippen LogP contribution in [0, 0.1) is 0 Å². The van der Waals surface area contributed by atoms with Crippen LogP contribution in [0.1, 0.15) is 25.3 Å². The highest BCUT2D eigenvalue weighted by atomic mass is 79.9. The Balaban J connectivity index is 2.76. The molecule has 3 nitrogen and oxygen atoms in total. The number of nitrogens with one attached hydrogen (secondary N) is 1. The van der Waals surface area contributed by atoms with Crippen molar-refractivity contribution in [1.82, 2.24) is 0 Å². The smallest absolute Gasteiger partial charge is 0.221 e. The van der Waals surface area contributed by atoms with Crippen molar-refractivity contribution in [1.29, 1.82) is 0 Å². The molecule has 0 saturated carbocycles. The Kier molecular flexibility index (Phi) is 5.49. The third-order valence-corrected chi connectivity index (χ3v) is 2.73. The highest BCUT2D eigenvalue weighted by Crippen LogP contribution is 2.23. The van der Waals surface area contributed by atoms with Crippen molar-refractivity contribution in [2.45, 2.75) is 26.2 Å². The first-order valence-electron chi connectivity index (χ1n) is 5.30. The van der Waals surface area contributed by atoms with Gasteiger partial charge in [0.05, 0.1) is 0 Å². The van der Waals surface area contributed by atoms with Crippen LogP contribution in [-0.4, -0.2) is 17.6 Å². The third kappa shape index (κ3) is 4.33. The highest BCUT2D eigenvalue weighted by molar-refractivity contribution is 9.10. The zero-order valence-corrected chi connectivity index (χ0v) is 10.9. The standard InChI is InChI=1S/C12H16BrNO2/c1-9(16)14-12-8-11(13)6-5-10(12)4-2-3-7-15/h5-6,8,15H,2-4,7H2,1H3,(H,14,16). The second-order valence-corrected chi connectivity index (χ2v) is 4.58. The molecule has 4 heteroatoms. The molecule has 0 radical (unpaired) electrons. The van der Waals surface area contributed by atoms with E-state index in [-0.39, 0.29) is 12.5 Å². The van der Waals surface area contributed by atoms with Crippen LogP contribution < -0.4 is 5.32 Å². The fraction of sp³-hybridized carbons (Fsp3) is 0.417. The number of rotatable bonds is 5. The predicted molar refractivity (Wildman–Crippen MR) is 68.5 cm³/mol. The lowest BCUT2D eigenvalue weighted by Crippen LogP contribution is -2.08. The SMILES string of the molecule is CC(=O)Nc1cc(Br)ccc1CCCCO. The number of carbonyl (C=O) groups excluding carboxylic acids is 1. The van der Waals surface area contributed by atoms with Gasteiger partial charge in [0.1, 0.15) is 0 Å². The molecule has 0 fully saturated rings. The molecule has 0 spiro atoms. The van der Waals surface area contributed by atoms with Gasteiger partial charge >= 0.3 is 0 Å². The van der Waals surface area contributed by atoms with Crippen LogP contribution in [0.15, 0.2) is 22.7 Å². The molecule has 0 unspecified atom stereocenters. The zero-order valence-electron chi connectivity index (χ0n) is 9.29. The lowest BCUT2D eigenvalue weighted by Gasteiger charge is -2.10. The summed E-state index contributed by atoms with van der Waals surface area (Å²) in [4.78, 5) is 11.0. The third-order valence-electron chi connectivity index (χ3n) is 2.24. The number of hydrogen-bond donors (Lipinski definition) is 2. The lowest BCUT2D eigenvalue weighted by atomic mass is 10.1. The van der Waals surface area contributed by atoms with E-state index in [0.29, 0.717) is 0 Å². The number of hydrogen-bond acceptors (Lipinski definition) is 2. The van der Waals surface area contributed by atoms with Gasteiger partial charge in [0, 0.05) is 23.7 Å². The first kappa shape index (κ1) is 13.2. The minimum absolute atomic E-state index is 0.0680. The molecule has 16 heavy (non-hydrogen) atoms. The fourth-order valence-corrected chi connectivity index (χ4v) is 1.86. The van der Waals surface area contributed by atoms with Crippen LogP contribution in [-0.2, 0) is 11.2 Å². The van der Waals surface area contributed by atoms with Crippen LogP contribution in [0.3, 0.4) is 0 Å². The van der Waals surface area contributed by atoms with Crippen LogP contribution in [0.5, 0.6) is 0 Å². The summed E-state index contributed by atoms with van der Waals surface area (Å²) in [6, 6.07) is 5.85. The van der Waals surface area contributed by atoms with Crippen molar-refractivity contribution in [3.8, 4) is 0 Å². The van der Waals surface area contributed by atoms with Crippen LogP contribution >= 0.6 is 15.9 Å². The first-order valence-corrected chi connectivity index (χ1v) is 6.09. The molecular weight excluding hydrogens is 270 g/mol. The van der Waals surface area contributed by atoms with Gasteiger partial charge in [0.2, 0.25) is 5.91 Å². The van der Waals surface area contributed by atoms with E-state index in [1.807, 2.05) is 18.2 Å². The van der Waals surface area contributed by atoms with Crippen LogP contribution in [0.25, 0.3) is 0 Å². The average molecular weight is 286 g/mol. The molecule has 0 aromatic heterocycles. The van der Waals surface area contributed by atoms with Gasteiger partial charge in [-0.1, -0.05) is 22.0 Å². The van der Waals surface area contributed by atoms with Gasteiger partial charge < -0.3 is 10.4 Å². The van der Waals surface area contributed by atoms with E-state index >= 15 is 0 Å². The minimum atomic E-state index is -0.0680. The number of unbranched alkanes of at least 4 members (excludes halogenated alkanes) is 1. The van der Waals surface area contributed by atoms with Crippen LogP contribution in [0.4, 0.5) is 5.69 Å². The molecule has 0 heterocycles. The van der Waals surface area contributed by atoms with Crippen LogP contribution in [0.2, 0.25) is 0 Å². The largest absolute Gasteiger partial charge is 0.396 e. The van der Waals surface area contributed by atoms with E-state index in [1.165, 1.54) is 6.92 Å². The number of carbonyl (C=O) groups is 1. The maximum absolute atomic E-state index is 11.0. The van der Waals surface area contributed by atoms with E-state index in [0.717, 1.165) is 35.0 Å². The maximum Gasteiger partial charge on any atom is 0.221 e. The minimum Gasteiger partial charge on any atom is -0.396 e. The Morgan fingerprint density at radius 3 is 2.81 bits per heavy atom. The van der Waals surface area contributed by atoms with Crippen molar-refractivity contribution in [2.75, 3.05) is 11.9 Å². The molecule has 0 aliphatic heterocycles. The maximum atomic E-state index is 11.0. The molecule has 2 N–H and O–H groups in total. The summed E-state index contributed by atoms with van der Waals surface area (Å²) in [6.45, 7) is 1.71. The van der Waals surface area contributed by atoms with Crippen molar-refractivity contribution >= 4 is 27.5 Å². The van der Waals surface area contributed by atoms with Crippen molar-refractivity contribution in [2.24, 2.45) is 0 Å². The Labute approximate surface area is 104 Å². The van der Waals surface area contributed by atoms with Gasteiger partial charge in [-0.05, 0) is 37.0 Å². The van der Waals surface area contributed by atoms with Gasteiger partial charge in [-0.15, -0.1) is 0 Å². The van der Waals surface area contributed by atoms with Crippen molar-refractivity contribution in [3.05, 3.63) is 28.2 Å². The summed E-state index contributed by atoms with van der Waals surface area (Å²) in [6.07, 6.45) is 2.57. The summed E-state index contributed by atoms with van der Waals surface area (Å²) in [7, 11) is 0. The molecule has 0 atom stereocenters. The van der Waals surface area contributed by atoms with E-state index in [9.17, 15) is 4.79 Å². The molecule has 1 aromatic rings. The molecule has 1 rings (SSSR count). The van der Waals surface area contributed by atoms with Gasteiger partial charge in [-0.2, -0.15) is 0 Å². The molecule has 0 aliphatic rings. The van der Waals surface area contributed by atoms with Gasteiger partial charge in [-0.25, -0.2) is 0 Å². The van der Waals surface area contributed by atoms with E-state index in [2.05, 4.69) is 21.2 Å². The van der Waals surface area contributed by atoms with E-state index < -0.39 is 0 Å². The summed E-state index contributed by atoms with van der Waals surface area (Å²) in [5, 5.41) is 11.5. The quantitative estimate of drug-likeness (QED) is 0.818. The zero-order chi connectivity index (χ0) is 12.0. The molecular formula is C12H16BrNO2. The second-order valence-electron chi connectivity index (χ2n) is 3.66. The van der Waals surface area contributed by atoms with Crippen molar-refractivity contribution < 1.29 is 9.90 Å². The second kappa shape index (κ2) is 6.66. The number of amides is 1. The number of aliphatic hydroxyl groups is 1. The molecule has 1 amide bonds. The Morgan fingerprint density at radius 1 is 1.44 bits per heavy atom. The number of anilines is 1. The number of benzene rings is 1. The Hall–Kier alpha value is -0.870. The molecule has 88 valence electrons. The number of halogens is 1. The summed E-state index contributed by atoms with van der Waals surface area (Å²) >= 11 is 3.38. The fourth-order valence-electron chi connectivity index (χ4n) is 1.50. The molecule has 0 saturated heterocycles. The van der Waals surface area contributed by atoms with Gasteiger partial charge in [0.15, 0.2) is 0 Å². The lowest BCUT2D eigenvalue weighted by molar-refractivity contribution is -0.114.